The molecule has 0 nitrogen and oxygen atoms in total. The van der Waals surface area contributed by atoms with Crippen molar-refractivity contribution in [3.63, 3.8) is 0 Å². The largest absolute Gasteiger partial charge is 0.0769 e. The van der Waals surface area contributed by atoms with E-state index in [4.69, 9.17) is 0 Å². The van der Waals surface area contributed by atoms with Crippen molar-refractivity contribution in [1.82, 2.24) is 0 Å². The Hall–Kier alpha value is -1.04. The first-order chi connectivity index (χ1) is 18.2. The fraction of sp³-hybridized carbons (Fsp3) is 0.784. The third-order valence-corrected chi connectivity index (χ3v) is 11.7. The second kappa shape index (κ2) is 13.3. The smallest absolute Gasteiger partial charge is 0.00521 e. The van der Waals surface area contributed by atoms with Gasteiger partial charge in [-0.15, -0.1) is 0 Å². The second-order valence-electron chi connectivity index (χ2n) is 13.9. The van der Waals surface area contributed by atoms with E-state index in [0.29, 0.717) is 5.92 Å². The molecule has 0 saturated heterocycles. The van der Waals surface area contributed by atoms with Gasteiger partial charge in [-0.3, -0.25) is 0 Å². The third kappa shape index (κ3) is 6.76. The van der Waals surface area contributed by atoms with Gasteiger partial charge in [0.25, 0.3) is 0 Å². The summed E-state index contributed by atoms with van der Waals surface area (Å²) in [6.07, 6.45) is 31.5. The number of aryl methyl sites for hydroxylation is 2. The highest BCUT2D eigenvalue weighted by Crippen LogP contribution is 2.47. The molecule has 37 heavy (non-hydrogen) atoms. The number of unbranched alkanes of at least 4 members (excludes halogenated alkanes) is 1. The van der Waals surface area contributed by atoms with Crippen LogP contribution in [0.5, 0.6) is 0 Å². The second-order valence-corrected chi connectivity index (χ2v) is 13.9. The Morgan fingerprint density at radius 1 is 0.757 bits per heavy atom. The Kier molecular flexibility index (Phi) is 9.93. The number of hydrogen-bond donors (Lipinski definition) is 0. The first-order valence-corrected chi connectivity index (χ1v) is 17.0. The molecule has 0 radical (unpaired) electrons. The number of benzene rings is 1. The molecule has 3 saturated carbocycles. The fourth-order valence-corrected chi connectivity index (χ4v) is 9.04. The van der Waals surface area contributed by atoms with Crippen molar-refractivity contribution in [2.45, 2.75) is 155 Å². The summed E-state index contributed by atoms with van der Waals surface area (Å²) in [4.78, 5) is 0. The molecular weight excluding hydrogens is 444 g/mol. The molecule has 2 unspecified atom stereocenters. The highest BCUT2D eigenvalue weighted by molar-refractivity contribution is 5.47. The Balaban J connectivity index is 1.35. The van der Waals surface area contributed by atoms with Crippen LogP contribution in [-0.4, -0.2) is 0 Å². The van der Waals surface area contributed by atoms with E-state index in [2.05, 4.69) is 39.0 Å². The topological polar surface area (TPSA) is 0 Å². The molecule has 0 spiro atoms. The summed E-state index contributed by atoms with van der Waals surface area (Å²) in [5.74, 6) is 5.28. The standard InChI is InChI=1S/C37H58/c1-4-28-19-21-31(22-20-28)27(3)36-26-34(32-16-7-6-8-17-32)24-35-23-33(30(5-2)25-37(35)36)18-12-11-15-29-13-9-10-14-29/h23,25-29,31-32,36H,4-22,24H2,1-3H3. The predicted molar refractivity (Wildman–Crippen MR) is 161 cm³/mol. The quantitative estimate of drug-likeness (QED) is 0.220. The monoisotopic (exact) mass is 502 g/mol. The van der Waals surface area contributed by atoms with E-state index in [9.17, 15) is 0 Å². The summed E-state index contributed by atoms with van der Waals surface area (Å²) >= 11 is 0. The summed E-state index contributed by atoms with van der Waals surface area (Å²) in [6.45, 7) is 7.44. The van der Waals surface area contributed by atoms with Crippen LogP contribution in [0.15, 0.2) is 23.8 Å². The van der Waals surface area contributed by atoms with Crippen molar-refractivity contribution in [2.75, 3.05) is 0 Å². The Morgan fingerprint density at radius 2 is 1.49 bits per heavy atom. The highest BCUT2D eigenvalue weighted by Gasteiger charge is 2.34. The van der Waals surface area contributed by atoms with Gasteiger partial charge >= 0.3 is 0 Å². The Bertz CT molecular complexity index is 870. The Morgan fingerprint density at radius 3 is 2.19 bits per heavy atom. The van der Waals surface area contributed by atoms with Crippen molar-refractivity contribution in [2.24, 2.45) is 29.6 Å². The average Bonchev–Trinajstić information content (AvgIpc) is 3.48. The predicted octanol–water partition coefficient (Wildman–Crippen LogP) is 11.2. The van der Waals surface area contributed by atoms with Gasteiger partial charge in [-0.05, 0) is 103 Å². The van der Waals surface area contributed by atoms with Gasteiger partial charge < -0.3 is 0 Å². The van der Waals surface area contributed by atoms with Crippen LogP contribution in [0.2, 0.25) is 0 Å². The molecule has 206 valence electrons. The van der Waals surface area contributed by atoms with Crippen LogP contribution in [0.4, 0.5) is 0 Å². The van der Waals surface area contributed by atoms with Crippen LogP contribution in [-0.2, 0) is 19.3 Å². The zero-order chi connectivity index (χ0) is 25.6. The zero-order valence-corrected chi connectivity index (χ0v) is 24.8. The SMILES string of the molecule is CCc1cc2c(cc1CCCCC1CCCC1)CC(C1CCCCC1)=CC2C(C)C1CCC(CC)CC1. The van der Waals surface area contributed by atoms with E-state index in [1.54, 1.807) is 22.3 Å². The fourth-order valence-electron chi connectivity index (χ4n) is 9.04. The maximum absolute atomic E-state index is 2.84. The molecule has 1 aromatic carbocycles. The van der Waals surface area contributed by atoms with Gasteiger partial charge in [0.05, 0.1) is 0 Å². The van der Waals surface area contributed by atoms with Crippen LogP contribution >= 0.6 is 0 Å². The van der Waals surface area contributed by atoms with Crippen molar-refractivity contribution in [1.29, 1.82) is 0 Å². The first-order valence-electron chi connectivity index (χ1n) is 17.0. The van der Waals surface area contributed by atoms with Gasteiger partial charge in [0, 0.05) is 5.92 Å². The molecule has 4 aliphatic carbocycles. The molecule has 4 aliphatic rings. The van der Waals surface area contributed by atoms with E-state index >= 15 is 0 Å². The van der Waals surface area contributed by atoms with Crippen LogP contribution in [0.25, 0.3) is 0 Å². The van der Waals surface area contributed by atoms with Crippen LogP contribution in [0.1, 0.15) is 158 Å². The number of fused-ring (bicyclic) bond motifs is 1. The van der Waals surface area contributed by atoms with E-state index < -0.39 is 0 Å². The first kappa shape index (κ1) is 27.5. The molecule has 0 heteroatoms. The van der Waals surface area contributed by atoms with E-state index in [1.165, 1.54) is 128 Å². The van der Waals surface area contributed by atoms with Crippen molar-refractivity contribution < 1.29 is 0 Å². The molecule has 0 aliphatic heterocycles. The molecule has 3 fully saturated rings. The summed E-state index contributed by atoms with van der Waals surface area (Å²) < 4.78 is 0. The van der Waals surface area contributed by atoms with Crippen LogP contribution in [0, 0.1) is 29.6 Å². The van der Waals surface area contributed by atoms with E-state index in [1.807, 2.05) is 5.57 Å². The lowest BCUT2D eigenvalue weighted by molar-refractivity contribution is 0.199. The molecule has 0 N–H and O–H groups in total. The summed E-state index contributed by atoms with van der Waals surface area (Å²) in [5.41, 5.74) is 8.66. The summed E-state index contributed by atoms with van der Waals surface area (Å²) in [7, 11) is 0. The molecule has 0 heterocycles. The van der Waals surface area contributed by atoms with Gasteiger partial charge in [-0.25, -0.2) is 0 Å². The maximum atomic E-state index is 2.84. The van der Waals surface area contributed by atoms with Crippen LogP contribution < -0.4 is 0 Å². The molecule has 0 bridgehead atoms. The van der Waals surface area contributed by atoms with Crippen molar-refractivity contribution in [3.8, 4) is 0 Å². The third-order valence-electron chi connectivity index (χ3n) is 11.7. The van der Waals surface area contributed by atoms with Gasteiger partial charge in [0.15, 0.2) is 0 Å². The molecule has 0 aromatic heterocycles. The highest BCUT2D eigenvalue weighted by atomic mass is 14.4. The van der Waals surface area contributed by atoms with Gasteiger partial charge in [0.2, 0.25) is 0 Å². The van der Waals surface area contributed by atoms with Gasteiger partial charge in [-0.1, -0.05) is 122 Å². The lowest BCUT2D eigenvalue weighted by atomic mass is 9.66. The molecule has 2 atom stereocenters. The van der Waals surface area contributed by atoms with Crippen molar-refractivity contribution in [3.05, 3.63) is 46.0 Å². The number of allylic oxidation sites excluding steroid dienone is 2. The average molecular weight is 503 g/mol. The number of hydrogen-bond acceptors (Lipinski definition) is 0. The van der Waals surface area contributed by atoms with Gasteiger partial charge in [0.1, 0.15) is 0 Å². The van der Waals surface area contributed by atoms with Gasteiger partial charge in [-0.2, -0.15) is 0 Å². The normalized spacial score (nSPS) is 28.2. The summed E-state index contributed by atoms with van der Waals surface area (Å²) in [5, 5.41) is 0. The minimum Gasteiger partial charge on any atom is -0.0769 e. The molecule has 1 aromatic rings. The minimum absolute atomic E-state index is 0.658. The molecule has 5 rings (SSSR count). The van der Waals surface area contributed by atoms with E-state index in [0.717, 1.165) is 29.6 Å². The maximum Gasteiger partial charge on any atom is 0.00521 e. The Labute approximate surface area is 230 Å². The zero-order valence-electron chi connectivity index (χ0n) is 24.8. The van der Waals surface area contributed by atoms with Crippen molar-refractivity contribution >= 4 is 0 Å². The summed E-state index contributed by atoms with van der Waals surface area (Å²) in [6, 6.07) is 5.45. The lowest BCUT2D eigenvalue weighted by Crippen LogP contribution is -2.27. The van der Waals surface area contributed by atoms with E-state index in [-0.39, 0.29) is 0 Å². The number of rotatable bonds is 10. The molecule has 0 amide bonds. The van der Waals surface area contributed by atoms with Crippen LogP contribution in [0.3, 0.4) is 0 Å². The lowest BCUT2D eigenvalue weighted by Gasteiger charge is -2.39. The minimum atomic E-state index is 0.658. The molecular formula is C37H58.